The molecule has 0 aliphatic rings. The van der Waals surface area contributed by atoms with Gasteiger partial charge in [0, 0.05) is 23.0 Å². The third kappa shape index (κ3) is 3.03. The molecule has 2 N–H and O–H groups in total. The van der Waals surface area contributed by atoms with Gasteiger partial charge in [0.25, 0.3) is 0 Å². The third-order valence-corrected chi connectivity index (χ3v) is 3.91. The molecule has 2 aromatic rings. The lowest BCUT2D eigenvalue weighted by molar-refractivity contribution is 0.409. The first-order valence-corrected chi connectivity index (χ1v) is 6.71. The first kappa shape index (κ1) is 12.9. The van der Waals surface area contributed by atoms with Crippen LogP contribution in [0.5, 0.6) is 11.5 Å². The van der Waals surface area contributed by atoms with Crippen LogP contribution in [-0.2, 0) is 6.54 Å². The van der Waals surface area contributed by atoms with Gasteiger partial charge in [-0.15, -0.1) is 11.3 Å². The molecule has 0 spiro atoms. The van der Waals surface area contributed by atoms with Crippen molar-refractivity contribution in [2.75, 3.05) is 7.11 Å². The third-order valence-electron chi connectivity index (χ3n) is 2.86. The Morgan fingerprint density at radius 3 is 2.89 bits per heavy atom. The molecule has 18 heavy (non-hydrogen) atoms. The van der Waals surface area contributed by atoms with E-state index < -0.39 is 0 Å². The lowest BCUT2D eigenvalue weighted by Gasteiger charge is -2.13. The molecule has 0 aliphatic carbocycles. The molecule has 1 atom stereocenters. The summed E-state index contributed by atoms with van der Waals surface area (Å²) in [5.74, 6) is 1.05. The Morgan fingerprint density at radius 1 is 1.39 bits per heavy atom. The Kier molecular flexibility index (Phi) is 4.23. The lowest BCUT2D eigenvalue weighted by Crippen LogP contribution is -2.17. The average molecular weight is 263 g/mol. The van der Waals surface area contributed by atoms with E-state index in [1.54, 1.807) is 30.6 Å². The van der Waals surface area contributed by atoms with E-state index in [4.69, 9.17) is 4.74 Å². The van der Waals surface area contributed by atoms with Crippen LogP contribution in [0.15, 0.2) is 35.7 Å². The molecule has 1 heterocycles. The zero-order valence-electron chi connectivity index (χ0n) is 10.5. The molecule has 96 valence electrons. The topological polar surface area (TPSA) is 41.5 Å². The van der Waals surface area contributed by atoms with Gasteiger partial charge in [-0.3, -0.25) is 0 Å². The minimum atomic E-state index is 0.274. The highest BCUT2D eigenvalue weighted by Gasteiger charge is 2.08. The summed E-state index contributed by atoms with van der Waals surface area (Å²) in [6.45, 7) is 2.73. The molecule has 0 amide bonds. The minimum Gasteiger partial charge on any atom is -0.508 e. The van der Waals surface area contributed by atoms with Crippen molar-refractivity contribution in [1.82, 2.24) is 5.32 Å². The van der Waals surface area contributed by atoms with Gasteiger partial charge in [-0.2, -0.15) is 0 Å². The predicted octanol–water partition coefficient (Wildman–Crippen LogP) is 3.31. The van der Waals surface area contributed by atoms with Crippen LogP contribution in [0.25, 0.3) is 0 Å². The fourth-order valence-corrected chi connectivity index (χ4v) is 2.49. The standard InChI is InChI=1S/C14H17NO2S/c1-10(14-4-3-7-18-14)15-9-11-8-12(17-2)5-6-13(11)16/h3-8,10,15-16H,9H2,1-2H3/t10-/m1/s1. The minimum absolute atomic E-state index is 0.274. The first-order chi connectivity index (χ1) is 8.70. The fraction of sp³-hybridized carbons (Fsp3) is 0.286. The van der Waals surface area contributed by atoms with Crippen LogP contribution >= 0.6 is 11.3 Å². The quantitative estimate of drug-likeness (QED) is 0.869. The van der Waals surface area contributed by atoms with Gasteiger partial charge in [0.1, 0.15) is 11.5 Å². The molecule has 1 aromatic carbocycles. The average Bonchev–Trinajstić information content (AvgIpc) is 2.91. The van der Waals surface area contributed by atoms with Gasteiger partial charge in [-0.25, -0.2) is 0 Å². The van der Waals surface area contributed by atoms with Crippen LogP contribution in [0, 0.1) is 0 Å². The van der Waals surface area contributed by atoms with E-state index in [0.717, 1.165) is 11.3 Å². The summed E-state index contributed by atoms with van der Waals surface area (Å²) in [5, 5.41) is 15.2. The molecule has 0 bridgehead atoms. The molecule has 2 rings (SSSR count). The summed E-state index contributed by atoms with van der Waals surface area (Å²) in [6, 6.07) is 9.68. The van der Waals surface area contributed by atoms with Crippen molar-refractivity contribution in [3.05, 3.63) is 46.2 Å². The number of benzene rings is 1. The zero-order valence-corrected chi connectivity index (χ0v) is 11.3. The summed E-state index contributed by atoms with van der Waals surface area (Å²) in [7, 11) is 1.62. The molecule has 0 saturated carbocycles. The number of ether oxygens (including phenoxy) is 1. The number of rotatable bonds is 5. The van der Waals surface area contributed by atoms with Crippen LogP contribution in [0.3, 0.4) is 0 Å². The molecule has 0 radical (unpaired) electrons. The van der Waals surface area contributed by atoms with Gasteiger partial charge < -0.3 is 15.2 Å². The Hall–Kier alpha value is -1.52. The van der Waals surface area contributed by atoms with E-state index in [1.807, 2.05) is 12.1 Å². The number of hydrogen-bond acceptors (Lipinski definition) is 4. The molecule has 4 heteroatoms. The lowest BCUT2D eigenvalue weighted by atomic mass is 10.1. The Morgan fingerprint density at radius 2 is 2.22 bits per heavy atom. The molecular weight excluding hydrogens is 246 g/mol. The summed E-state index contributed by atoms with van der Waals surface area (Å²) in [6.07, 6.45) is 0. The van der Waals surface area contributed by atoms with Crippen molar-refractivity contribution in [2.24, 2.45) is 0 Å². The zero-order chi connectivity index (χ0) is 13.0. The number of thiophene rings is 1. The van der Waals surface area contributed by atoms with Crippen LogP contribution in [0.2, 0.25) is 0 Å². The smallest absolute Gasteiger partial charge is 0.120 e. The Labute approximate surface area is 111 Å². The monoisotopic (exact) mass is 263 g/mol. The highest BCUT2D eigenvalue weighted by atomic mass is 32.1. The number of phenolic OH excluding ortho intramolecular Hbond substituents is 1. The first-order valence-electron chi connectivity index (χ1n) is 5.83. The normalized spacial score (nSPS) is 12.3. The van der Waals surface area contributed by atoms with Crippen molar-refractivity contribution in [2.45, 2.75) is 19.5 Å². The maximum absolute atomic E-state index is 9.78. The molecule has 1 aromatic heterocycles. The van der Waals surface area contributed by atoms with Crippen molar-refractivity contribution >= 4 is 11.3 Å². The SMILES string of the molecule is COc1ccc(O)c(CN[C@H](C)c2cccs2)c1. The van der Waals surface area contributed by atoms with Crippen molar-refractivity contribution in [3.63, 3.8) is 0 Å². The molecule has 0 fully saturated rings. The number of phenols is 1. The van der Waals surface area contributed by atoms with E-state index in [2.05, 4.69) is 23.7 Å². The number of nitrogens with one attached hydrogen (secondary N) is 1. The molecular formula is C14H17NO2S. The van der Waals surface area contributed by atoms with Crippen LogP contribution in [0.1, 0.15) is 23.4 Å². The Bertz CT molecular complexity index is 497. The number of hydrogen-bond donors (Lipinski definition) is 2. The second-order valence-corrected chi connectivity index (χ2v) is 5.09. The summed E-state index contributed by atoms with van der Waals surface area (Å²) in [4.78, 5) is 1.29. The van der Waals surface area contributed by atoms with Crippen LogP contribution in [0.4, 0.5) is 0 Å². The van der Waals surface area contributed by atoms with E-state index in [-0.39, 0.29) is 6.04 Å². The van der Waals surface area contributed by atoms with Gasteiger partial charge >= 0.3 is 0 Å². The molecule has 0 aliphatic heterocycles. The predicted molar refractivity (Wildman–Crippen MR) is 74.2 cm³/mol. The second-order valence-electron chi connectivity index (χ2n) is 4.11. The Balaban J connectivity index is 2.01. The summed E-state index contributed by atoms with van der Waals surface area (Å²) < 4.78 is 5.15. The fourth-order valence-electron chi connectivity index (χ4n) is 1.73. The van der Waals surface area contributed by atoms with Gasteiger partial charge in [-0.1, -0.05) is 6.07 Å². The van der Waals surface area contributed by atoms with Gasteiger partial charge in [0.05, 0.1) is 7.11 Å². The van der Waals surface area contributed by atoms with Crippen LogP contribution < -0.4 is 10.1 Å². The summed E-state index contributed by atoms with van der Waals surface area (Å²) >= 11 is 1.73. The van der Waals surface area contributed by atoms with E-state index in [1.165, 1.54) is 4.88 Å². The second kappa shape index (κ2) is 5.89. The van der Waals surface area contributed by atoms with E-state index in [0.29, 0.717) is 12.3 Å². The maximum Gasteiger partial charge on any atom is 0.120 e. The van der Waals surface area contributed by atoms with Crippen molar-refractivity contribution in [3.8, 4) is 11.5 Å². The van der Waals surface area contributed by atoms with Gasteiger partial charge in [0.2, 0.25) is 0 Å². The van der Waals surface area contributed by atoms with E-state index in [9.17, 15) is 5.11 Å². The van der Waals surface area contributed by atoms with Gasteiger partial charge in [-0.05, 0) is 36.6 Å². The maximum atomic E-state index is 9.78. The highest BCUT2D eigenvalue weighted by molar-refractivity contribution is 7.10. The van der Waals surface area contributed by atoms with Crippen molar-refractivity contribution < 1.29 is 9.84 Å². The van der Waals surface area contributed by atoms with Crippen LogP contribution in [-0.4, -0.2) is 12.2 Å². The van der Waals surface area contributed by atoms with Crippen molar-refractivity contribution in [1.29, 1.82) is 0 Å². The highest BCUT2D eigenvalue weighted by Crippen LogP contribution is 2.24. The largest absolute Gasteiger partial charge is 0.508 e. The number of methoxy groups -OCH3 is 1. The molecule has 0 unspecified atom stereocenters. The number of aromatic hydroxyl groups is 1. The summed E-state index contributed by atoms with van der Waals surface area (Å²) in [5.41, 5.74) is 0.845. The molecule has 3 nitrogen and oxygen atoms in total. The molecule has 0 saturated heterocycles. The van der Waals surface area contributed by atoms with Gasteiger partial charge in [0.15, 0.2) is 0 Å². The van der Waals surface area contributed by atoms with E-state index >= 15 is 0 Å².